The lowest BCUT2D eigenvalue weighted by molar-refractivity contribution is -0.384. The van der Waals surface area contributed by atoms with Gasteiger partial charge in [-0.1, -0.05) is 29.5 Å². The number of nitrogens with zero attached hydrogens (tertiary/aromatic N) is 3. The maximum absolute atomic E-state index is 12.3. The maximum Gasteiger partial charge on any atom is 0.270 e. The third kappa shape index (κ3) is 3.81. The number of nitrogens with one attached hydrogen (secondary N) is 1. The minimum atomic E-state index is -0.767. The number of nitrogen functional groups attached to an aromatic ring is 1. The number of aromatic nitrogens is 1. The molecular weight excluding hydrogens is 390 g/mol. The largest absolute Gasteiger partial charge is 0.384 e. The highest BCUT2D eigenvalue weighted by atomic mass is 32.2. The average Bonchev–Trinajstić information content (AvgIpc) is 2.69. The van der Waals surface area contributed by atoms with E-state index in [1.165, 1.54) is 30.0 Å². The van der Waals surface area contributed by atoms with Crippen LogP contribution in [0, 0.1) is 39.7 Å². The highest BCUT2D eigenvalue weighted by Crippen LogP contribution is 2.40. The van der Waals surface area contributed by atoms with E-state index in [1.54, 1.807) is 6.07 Å². The fourth-order valence-electron chi connectivity index (χ4n) is 2.76. The zero-order valence-corrected chi connectivity index (χ0v) is 15.9. The molecule has 0 saturated carbocycles. The Kier molecular flexibility index (Phi) is 5.35. The Labute approximate surface area is 169 Å². The summed E-state index contributed by atoms with van der Waals surface area (Å²) in [6.07, 6.45) is 0. The van der Waals surface area contributed by atoms with Crippen LogP contribution in [0.4, 0.5) is 11.5 Å². The van der Waals surface area contributed by atoms with E-state index in [0.717, 1.165) is 10.5 Å². The summed E-state index contributed by atoms with van der Waals surface area (Å²) in [4.78, 5) is 26.6. The van der Waals surface area contributed by atoms with Gasteiger partial charge in [-0.3, -0.25) is 14.9 Å². The average molecular weight is 403 g/mol. The van der Waals surface area contributed by atoms with Crippen molar-refractivity contribution in [3.8, 4) is 23.3 Å². The number of pyridine rings is 1. The van der Waals surface area contributed by atoms with Crippen LogP contribution in [0.15, 0.2) is 57.1 Å². The van der Waals surface area contributed by atoms with Gasteiger partial charge in [0.15, 0.2) is 0 Å². The van der Waals surface area contributed by atoms with Crippen LogP contribution in [0.5, 0.6) is 0 Å². The Balaban J connectivity index is 2.34. The standard InChI is InChI=1S/C20H13N5O3S/c1-11-2-5-13(6-3-11)29-17-7-4-12(25(27)28)8-14(17)18-15(9-21)19(23)24-20(26)16(18)10-22/h2-8H,1H3,(H3,23,24,26). The van der Waals surface area contributed by atoms with Crippen molar-refractivity contribution in [1.29, 1.82) is 10.5 Å². The third-order valence-electron chi connectivity index (χ3n) is 4.16. The molecule has 29 heavy (non-hydrogen) atoms. The summed E-state index contributed by atoms with van der Waals surface area (Å²) in [7, 11) is 0. The van der Waals surface area contributed by atoms with Crippen molar-refractivity contribution in [3.63, 3.8) is 0 Å². The molecule has 0 radical (unpaired) electrons. The zero-order valence-electron chi connectivity index (χ0n) is 15.1. The molecule has 3 rings (SSSR count). The van der Waals surface area contributed by atoms with E-state index in [-0.39, 0.29) is 33.8 Å². The highest BCUT2D eigenvalue weighted by Gasteiger charge is 2.23. The van der Waals surface area contributed by atoms with E-state index in [1.807, 2.05) is 37.3 Å². The summed E-state index contributed by atoms with van der Waals surface area (Å²) in [6.45, 7) is 1.95. The molecular formula is C20H13N5O3S. The second-order valence-corrected chi connectivity index (χ2v) is 7.18. The molecule has 142 valence electrons. The molecule has 0 amide bonds. The summed E-state index contributed by atoms with van der Waals surface area (Å²) in [5, 5.41) is 30.4. The Hall–Kier alpha value is -4.08. The van der Waals surface area contributed by atoms with Gasteiger partial charge >= 0.3 is 0 Å². The number of nitriles is 2. The molecule has 9 heteroatoms. The van der Waals surface area contributed by atoms with E-state index in [0.29, 0.717) is 4.90 Å². The molecule has 0 saturated heterocycles. The first-order valence-electron chi connectivity index (χ1n) is 8.25. The Bertz CT molecular complexity index is 1270. The molecule has 3 aromatic rings. The summed E-state index contributed by atoms with van der Waals surface area (Å²) >= 11 is 1.29. The Morgan fingerprint density at radius 1 is 1.10 bits per heavy atom. The lowest BCUT2D eigenvalue weighted by Gasteiger charge is -2.13. The predicted molar refractivity (Wildman–Crippen MR) is 108 cm³/mol. The number of benzene rings is 2. The van der Waals surface area contributed by atoms with Crippen molar-refractivity contribution in [2.75, 3.05) is 5.73 Å². The quantitative estimate of drug-likeness (QED) is 0.497. The van der Waals surface area contributed by atoms with Gasteiger partial charge in [0.2, 0.25) is 0 Å². The summed E-state index contributed by atoms with van der Waals surface area (Å²) in [5.74, 6) is -0.204. The number of anilines is 1. The zero-order chi connectivity index (χ0) is 21.1. The van der Waals surface area contributed by atoms with E-state index in [9.17, 15) is 25.4 Å². The van der Waals surface area contributed by atoms with E-state index >= 15 is 0 Å². The molecule has 8 nitrogen and oxygen atoms in total. The van der Waals surface area contributed by atoms with Gasteiger partial charge in [0.1, 0.15) is 29.1 Å². The molecule has 0 bridgehead atoms. The topological polar surface area (TPSA) is 150 Å². The number of H-pyrrole nitrogens is 1. The second kappa shape index (κ2) is 7.89. The van der Waals surface area contributed by atoms with Gasteiger partial charge in [0.05, 0.1) is 4.92 Å². The summed E-state index contributed by atoms with van der Waals surface area (Å²) in [6, 6.07) is 15.4. The molecule has 0 fully saturated rings. The van der Waals surface area contributed by atoms with Crippen LogP contribution < -0.4 is 11.3 Å². The van der Waals surface area contributed by atoms with E-state index < -0.39 is 10.5 Å². The van der Waals surface area contributed by atoms with Gasteiger partial charge in [-0.2, -0.15) is 10.5 Å². The number of nitro benzene ring substituents is 1. The van der Waals surface area contributed by atoms with Crippen molar-refractivity contribution in [1.82, 2.24) is 4.98 Å². The fraction of sp³-hybridized carbons (Fsp3) is 0.0500. The number of aromatic amines is 1. The maximum atomic E-state index is 12.3. The predicted octanol–water partition coefficient (Wildman–Crippen LogP) is 3.74. The van der Waals surface area contributed by atoms with E-state index in [4.69, 9.17) is 5.73 Å². The fourth-order valence-corrected chi connectivity index (χ4v) is 3.69. The molecule has 3 N–H and O–H groups in total. The van der Waals surface area contributed by atoms with Gasteiger partial charge in [0.25, 0.3) is 11.2 Å². The monoisotopic (exact) mass is 403 g/mol. The van der Waals surface area contributed by atoms with Gasteiger partial charge in [-0.15, -0.1) is 0 Å². The Morgan fingerprint density at radius 2 is 1.76 bits per heavy atom. The van der Waals surface area contributed by atoms with Gasteiger partial charge < -0.3 is 10.7 Å². The molecule has 0 atom stereocenters. The van der Waals surface area contributed by atoms with Crippen LogP contribution >= 0.6 is 11.8 Å². The lowest BCUT2D eigenvalue weighted by atomic mass is 9.96. The van der Waals surface area contributed by atoms with Crippen LogP contribution in [0.2, 0.25) is 0 Å². The van der Waals surface area contributed by atoms with Crippen LogP contribution in [-0.4, -0.2) is 9.91 Å². The third-order valence-corrected chi connectivity index (χ3v) is 5.24. The van der Waals surface area contributed by atoms with Crippen molar-refractivity contribution in [2.45, 2.75) is 16.7 Å². The number of non-ortho nitro benzene ring substituents is 1. The molecule has 1 heterocycles. The molecule has 0 spiro atoms. The smallest absolute Gasteiger partial charge is 0.270 e. The minimum Gasteiger partial charge on any atom is -0.384 e. The SMILES string of the molecule is Cc1ccc(Sc2ccc([N+](=O)[O-])cc2-c2c(C#N)c(N)[nH]c(=O)c2C#N)cc1. The minimum absolute atomic E-state index is 0.0189. The number of nitro groups is 1. The number of hydrogen-bond donors (Lipinski definition) is 2. The first kappa shape index (κ1) is 19.7. The second-order valence-electron chi connectivity index (χ2n) is 6.07. The van der Waals surface area contributed by atoms with Gasteiger partial charge in [-0.25, -0.2) is 0 Å². The van der Waals surface area contributed by atoms with Crippen molar-refractivity contribution >= 4 is 23.3 Å². The van der Waals surface area contributed by atoms with Crippen molar-refractivity contribution in [2.24, 2.45) is 0 Å². The summed E-state index contributed by atoms with van der Waals surface area (Å²) in [5.41, 5.74) is 5.60. The molecule has 0 aliphatic rings. The van der Waals surface area contributed by atoms with Crippen molar-refractivity contribution < 1.29 is 4.92 Å². The molecule has 0 unspecified atom stereocenters. The number of aryl methyl sites for hydroxylation is 1. The van der Waals surface area contributed by atoms with Gasteiger partial charge in [0, 0.05) is 33.1 Å². The molecule has 1 aromatic heterocycles. The highest BCUT2D eigenvalue weighted by molar-refractivity contribution is 7.99. The van der Waals surface area contributed by atoms with Crippen molar-refractivity contribution in [3.05, 3.63) is 79.6 Å². The molecule has 0 aliphatic carbocycles. The number of hydrogen-bond acceptors (Lipinski definition) is 7. The van der Waals surface area contributed by atoms with Crippen LogP contribution in [0.3, 0.4) is 0 Å². The molecule has 2 aromatic carbocycles. The first-order chi connectivity index (χ1) is 13.8. The van der Waals surface area contributed by atoms with Gasteiger partial charge in [-0.05, 0) is 25.1 Å². The van der Waals surface area contributed by atoms with Crippen LogP contribution in [-0.2, 0) is 0 Å². The lowest BCUT2D eigenvalue weighted by Crippen LogP contribution is -2.16. The van der Waals surface area contributed by atoms with E-state index in [2.05, 4.69) is 4.98 Å². The number of rotatable bonds is 4. The van der Waals surface area contributed by atoms with Crippen LogP contribution in [0.1, 0.15) is 16.7 Å². The normalized spacial score (nSPS) is 10.2. The number of nitrogens with two attached hydrogens (primary N) is 1. The summed E-state index contributed by atoms with van der Waals surface area (Å²) < 4.78 is 0. The Morgan fingerprint density at radius 3 is 2.34 bits per heavy atom. The first-order valence-corrected chi connectivity index (χ1v) is 9.06. The van der Waals surface area contributed by atoms with Crippen LogP contribution in [0.25, 0.3) is 11.1 Å². The molecule has 0 aliphatic heterocycles.